The van der Waals surface area contributed by atoms with Crippen molar-refractivity contribution in [2.45, 2.75) is 32.9 Å². The van der Waals surface area contributed by atoms with Gasteiger partial charge in [-0.3, -0.25) is 14.7 Å². The van der Waals surface area contributed by atoms with E-state index in [1.165, 1.54) is 4.90 Å². The zero-order valence-corrected chi connectivity index (χ0v) is 12.8. The van der Waals surface area contributed by atoms with Crippen LogP contribution in [0.5, 0.6) is 0 Å². The van der Waals surface area contributed by atoms with Crippen molar-refractivity contribution in [3.63, 3.8) is 0 Å². The zero-order valence-electron chi connectivity index (χ0n) is 12.8. The molecule has 0 aliphatic carbocycles. The largest absolute Gasteiger partial charge is 0.444 e. The highest BCUT2D eigenvalue weighted by Crippen LogP contribution is 2.23. The third-order valence-electron chi connectivity index (χ3n) is 3.33. The molecule has 2 aromatic rings. The van der Waals surface area contributed by atoms with Gasteiger partial charge in [-0.05, 0) is 32.9 Å². The molecule has 0 bridgehead atoms. The summed E-state index contributed by atoms with van der Waals surface area (Å²) in [5.74, 6) is -0.127. The molecular formula is C16H17N3O3. The molecule has 0 unspecified atom stereocenters. The van der Waals surface area contributed by atoms with Gasteiger partial charge in [0.25, 0.3) is 0 Å². The summed E-state index contributed by atoms with van der Waals surface area (Å²) in [6, 6.07) is 3.63. The maximum Gasteiger partial charge on any atom is 0.411 e. The lowest BCUT2D eigenvalue weighted by Crippen LogP contribution is -2.42. The molecule has 2 aromatic heterocycles. The van der Waals surface area contributed by atoms with E-state index in [2.05, 4.69) is 9.97 Å². The Morgan fingerprint density at radius 2 is 2.09 bits per heavy atom. The molecule has 0 N–H and O–H groups in total. The second-order valence-corrected chi connectivity index (χ2v) is 6.31. The number of Topliss-reactive ketones (excluding diaryl/α,β-unsaturated/α-hetero) is 1. The van der Waals surface area contributed by atoms with Crippen molar-refractivity contribution < 1.29 is 14.3 Å². The number of fused-ring (bicyclic) bond motifs is 2. The maximum atomic E-state index is 12.3. The van der Waals surface area contributed by atoms with Crippen molar-refractivity contribution in [2.75, 3.05) is 6.54 Å². The lowest BCUT2D eigenvalue weighted by Gasteiger charge is -2.30. The Hall–Kier alpha value is -2.50. The highest BCUT2D eigenvalue weighted by molar-refractivity contribution is 6.03. The maximum absolute atomic E-state index is 12.3. The van der Waals surface area contributed by atoms with E-state index >= 15 is 0 Å². The van der Waals surface area contributed by atoms with Crippen molar-refractivity contribution in [3.8, 4) is 0 Å². The van der Waals surface area contributed by atoms with Crippen LogP contribution in [0.3, 0.4) is 0 Å². The molecular weight excluding hydrogens is 282 g/mol. The lowest BCUT2D eigenvalue weighted by molar-refractivity contribution is 0.0217. The second kappa shape index (κ2) is 5.05. The number of hydrogen-bond donors (Lipinski definition) is 0. The number of aromatic nitrogens is 2. The van der Waals surface area contributed by atoms with E-state index in [1.807, 2.05) is 12.1 Å². The summed E-state index contributed by atoms with van der Waals surface area (Å²) in [4.78, 5) is 34.3. The highest BCUT2D eigenvalue weighted by atomic mass is 16.6. The Balaban J connectivity index is 1.93. The fourth-order valence-corrected chi connectivity index (χ4v) is 2.37. The first-order valence-corrected chi connectivity index (χ1v) is 7.08. The fraction of sp³-hybridized carbons (Fsp3) is 0.375. The smallest absolute Gasteiger partial charge is 0.411 e. The third-order valence-corrected chi connectivity index (χ3v) is 3.33. The summed E-state index contributed by atoms with van der Waals surface area (Å²) in [7, 11) is 0. The molecule has 0 fully saturated rings. The Bertz CT molecular complexity index is 765. The van der Waals surface area contributed by atoms with Crippen LogP contribution < -0.4 is 0 Å². The topological polar surface area (TPSA) is 72.4 Å². The van der Waals surface area contributed by atoms with Crippen LogP contribution in [0.25, 0.3) is 10.9 Å². The predicted octanol–water partition coefficient (Wildman–Crippen LogP) is 2.56. The second-order valence-electron chi connectivity index (χ2n) is 6.31. The van der Waals surface area contributed by atoms with E-state index in [4.69, 9.17) is 4.74 Å². The number of carbonyl (C=O) groups is 2. The molecule has 3 rings (SSSR count). The number of amides is 1. The first-order chi connectivity index (χ1) is 10.3. The number of ketones is 1. The van der Waals surface area contributed by atoms with Crippen LogP contribution in [0.1, 0.15) is 36.8 Å². The number of nitrogens with zero attached hydrogens (tertiary/aromatic N) is 3. The minimum absolute atomic E-state index is 0.0141. The van der Waals surface area contributed by atoms with E-state index in [1.54, 1.807) is 33.2 Å². The minimum atomic E-state index is -0.596. The van der Waals surface area contributed by atoms with E-state index in [0.29, 0.717) is 16.8 Å². The van der Waals surface area contributed by atoms with E-state index < -0.39 is 11.7 Å². The van der Waals surface area contributed by atoms with Crippen molar-refractivity contribution in [2.24, 2.45) is 0 Å². The Morgan fingerprint density at radius 3 is 2.82 bits per heavy atom. The molecule has 1 aliphatic heterocycles. The molecule has 0 radical (unpaired) electrons. The molecule has 1 amide bonds. The van der Waals surface area contributed by atoms with Gasteiger partial charge in [-0.15, -0.1) is 0 Å². The van der Waals surface area contributed by atoms with Gasteiger partial charge in [0.2, 0.25) is 0 Å². The van der Waals surface area contributed by atoms with Gasteiger partial charge in [-0.25, -0.2) is 9.78 Å². The Kier molecular flexibility index (Phi) is 3.31. The van der Waals surface area contributed by atoms with Crippen LogP contribution >= 0.6 is 0 Å². The van der Waals surface area contributed by atoms with Crippen LogP contribution in [0.15, 0.2) is 24.5 Å². The number of hydrogen-bond acceptors (Lipinski definition) is 5. The fourth-order valence-electron chi connectivity index (χ4n) is 2.37. The third kappa shape index (κ3) is 2.77. The van der Waals surface area contributed by atoms with Gasteiger partial charge in [-0.2, -0.15) is 0 Å². The van der Waals surface area contributed by atoms with Crippen molar-refractivity contribution >= 4 is 22.8 Å². The molecule has 0 saturated heterocycles. The van der Waals surface area contributed by atoms with Crippen molar-refractivity contribution in [3.05, 3.63) is 35.8 Å². The number of carbonyl (C=O) groups excluding carboxylic acids is 2. The SMILES string of the molecule is CC(C)(C)OC(=O)N1CC(=O)c2cc3ccncc3nc2C1. The molecule has 0 saturated carbocycles. The van der Waals surface area contributed by atoms with E-state index in [0.717, 1.165) is 5.39 Å². The predicted molar refractivity (Wildman–Crippen MR) is 80.5 cm³/mol. The van der Waals surface area contributed by atoms with Gasteiger partial charge in [0.05, 0.1) is 30.5 Å². The van der Waals surface area contributed by atoms with Gasteiger partial charge in [-0.1, -0.05) is 0 Å². The van der Waals surface area contributed by atoms with Gasteiger partial charge < -0.3 is 4.74 Å². The monoisotopic (exact) mass is 299 g/mol. The van der Waals surface area contributed by atoms with Crippen LogP contribution in [-0.4, -0.2) is 38.9 Å². The van der Waals surface area contributed by atoms with Crippen molar-refractivity contribution in [1.82, 2.24) is 14.9 Å². The lowest BCUT2D eigenvalue weighted by atomic mass is 10.0. The highest BCUT2D eigenvalue weighted by Gasteiger charge is 2.30. The Labute approximate surface area is 128 Å². The summed E-state index contributed by atoms with van der Waals surface area (Å²) in [6.45, 7) is 5.66. The molecule has 0 aromatic carbocycles. The summed E-state index contributed by atoms with van der Waals surface area (Å²) < 4.78 is 5.32. The van der Waals surface area contributed by atoms with Gasteiger partial charge in [0.15, 0.2) is 5.78 Å². The first kappa shape index (κ1) is 14.4. The molecule has 6 heteroatoms. The van der Waals surface area contributed by atoms with Crippen LogP contribution in [0.2, 0.25) is 0 Å². The molecule has 114 valence electrons. The molecule has 3 heterocycles. The van der Waals surface area contributed by atoms with Crippen LogP contribution in [0.4, 0.5) is 4.79 Å². The summed E-state index contributed by atoms with van der Waals surface area (Å²) in [6.07, 6.45) is 2.81. The average Bonchev–Trinajstić information content (AvgIpc) is 2.43. The molecule has 0 spiro atoms. The van der Waals surface area contributed by atoms with E-state index in [9.17, 15) is 9.59 Å². The quantitative estimate of drug-likeness (QED) is 0.747. The zero-order chi connectivity index (χ0) is 15.9. The van der Waals surface area contributed by atoms with Crippen molar-refractivity contribution in [1.29, 1.82) is 0 Å². The van der Waals surface area contributed by atoms with E-state index in [-0.39, 0.29) is 18.9 Å². The summed E-state index contributed by atoms with van der Waals surface area (Å²) in [5, 5.41) is 0.868. The Morgan fingerprint density at radius 1 is 1.32 bits per heavy atom. The standard InChI is InChI=1S/C16H17N3O3/c1-16(2,3)22-15(21)19-8-13-11(14(20)9-19)6-10-4-5-17-7-12(10)18-13/h4-7H,8-9H2,1-3H3. The van der Waals surface area contributed by atoms with Gasteiger partial charge >= 0.3 is 6.09 Å². The number of rotatable bonds is 0. The molecule has 6 nitrogen and oxygen atoms in total. The number of pyridine rings is 2. The molecule has 22 heavy (non-hydrogen) atoms. The molecule has 1 aliphatic rings. The van der Waals surface area contributed by atoms with Gasteiger partial charge in [0.1, 0.15) is 5.60 Å². The minimum Gasteiger partial charge on any atom is -0.444 e. The van der Waals surface area contributed by atoms with Gasteiger partial charge in [0, 0.05) is 17.1 Å². The molecule has 0 atom stereocenters. The summed E-state index contributed by atoms with van der Waals surface area (Å²) in [5.41, 5.74) is 1.27. The normalized spacial score (nSPS) is 14.9. The van der Waals surface area contributed by atoms with Crippen LogP contribution in [0, 0.1) is 0 Å². The first-order valence-electron chi connectivity index (χ1n) is 7.08. The summed E-state index contributed by atoms with van der Waals surface area (Å²) >= 11 is 0. The number of ether oxygens (including phenoxy) is 1. The average molecular weight is 299 g/mol. The van der Waals surface area contributed by atoms with Crippen LogP contribution in [-0.2, 0) is 11.3 Å².